The summed E-state index contributed by atoms with van der Waals surface area (Å²) in [5.74, 6) is 0.368. The Morgan fingerprint density at radius 3 is 2.52 bits per heavy atom. The minimum absolute atomic E-state index is 0.159. The van der Waals surface area contributed by atoms with E-state index in [1.807, 2.05) is 43.3 Å². The largest absolute Gasteiger partial charge is 0.436 e. The van der Waals surface area contributed by atoms with Gasteiger partial charge in [-0.1, -0.05) is 17.7 Å². The molecule has 0 unspecified atom stereocenters. The number of fused-ring (bicyclic) bond motifs is 1. The monoisotopic (exact) mass is 329 g/mol. The Morgan fingerprint density at radius 1 is 1.00 bits per heavy atom. The van der Waals surface area contributed by atoms with Crippen LogP contribution in [0, 0.1) is 6.92 Å². The van der Waals surface area contributed by atoms with Gasteiger partial charge >= 0.3 is 0 Å². The van der Waals surface area contributed by atoms with E-state index in [2.05, 4.69) is 15.3 Å². The number of carbonyl (C=O) groups excluding carboxylic acids is 1. The van der Waals surface area contributed by atoms with Crippen LogP contribution in [0.3, 0.4) is 0 Å². The second-order valence-corrected chi connectivity index (χ2v) is 5.76. The van der Waals surface area contributed by atoms with E-state index in [1.165, 1.54) is 0 Å². The van der Waals surface area contributed by atoms with E-state index in [-0.39, 0.29) is 5.91 Å². The molecule has 0 atom stereocenters. The number of carbonyl (C=O) groups is 1. The highest BCUT2D eigenvalue weighted by Crippen LogP contribution is 2.26. The van der Waals surface area contributed by atoms with Crippen molar-refractivity contribution in [2.75, 3.05) is 5.32 Å². The molecule has 1 amide bonds. The van der Waals surface area contributed by atoms with Crippen molar-refractivity contribution in [3.63, 3.8) is 0 Å². The highest BCUT2D eigenvalue weighted by Gasteiger charge is 2.10. The molecule has 5 heteroatoms. The van der Waals surface area contributed by atoms with E-state index in [0.717, 1.165) is 16.6 Å². The number of hydrogen-bond donors (Lipinski definition) is 1. The second-order valence-electron chi connectivity index (χ2n) is 5.76. The highest BCUT2D eigenvalue weighted by molar-refractivity contribution is 6.04. The van der Waals surface area contributed by atoms with Gasteiger partial charge in [-0.25, -0.2) is 4.98 Å². The summed E-state index contributed by atoms with van der Waals surface area (Å²) in [7, 11) is 0. The van der Waals surface area contributed by atoms with Crippen LogP contribution in [0.15, 0.2) is 71.4 Å². The molecule has 2 aromatic carbocycles. The van der Waals surface area contributed by atoms with E-state index >= 15 is 0 Å². The third kappa shape index (κ3) is 3.12. The molecule has 0 aliphatic heterocycles. The first-order valence-electron chi connectivity index (χ1n) is 7.88. The topological polar surface area (TPSA) is 68.0 Å². The molecular weight excluding hydrogens is 314 g/mol. The maximum absolute atomic E-state index is 12.3. The van der Waals surface area contributed by atoms with E-state index in [0.29, 0.717) is 22.7 Å². The Balaban J connectivity index is 1.61. The lowest BCUT2D eigenvalue weighted by atomic mass is 10.1. The van der Waals surface area contributed by atoms with Crippen LogP contribution in [0.2, 0.25) is 0 Å². The van der Waals surface area contributed by atoms with Gasteiger partial charge in [0.1, 0.15) is 5.52 Å². The lowest BCUT2D eigenvalue weighted by Crippen LogP contribution is -2.11. The number of oxazole rings is 1. The second kappa shape index (κ2) is 6.20. The Morgan fingerprint density at radius 2 is 1.76 bits per heavy atom. The molecular formula is C20H15N3O2. The van der Waals surface area contributed by atoms with Crippen molar-refractivity contribution in [1.29, 1.82) is 0 Å². The van der Waals surface area contributed by atoms with Crippen LogP contribution >= 0.6 is 0 Å². The lowest BCUT2D eigenvalue weighted by Gasteiger charge is -2.05. The molecule has 4 aromatic rings. The normalized spacial score (nSPS) is 10.8. The zero-order valence-electron chi connectivity index (χ0n) is 13.6. The van der Waals surface area contributed by atoms with Gasteiger partial charge in [-0.15, -0.1) is 0 Å². The summed E-state index contributed by atoms with van der Waals surface area (Å²) in [5.41, 5.74) is 4.60. The first-order valence-corrected chi connectivity index (χ1v) is 7.88. The predicted octanol–water partition coefficient (Wildman–Crippen LogP) is 4.45. The zero-order chi connectivity index (χ0) is 17.2. The first kappa shape index (κ1) is 15.1. The van der Waals surface area contributed by atoms with Gasteiger partial charge in [0.2, 0.25) is 5.89 Å². The molecule has 0 saturated heterocycles. The maximum Gasteiger partial charge on any atom is 0.255 e. The third-order valence-electron chi connectivity index (χ3n) is 3.89. The van der Waals surface area contributed by atoms with Crippen LogP contribution in [-0.2, 0) is 0 Å². The predicted molar refractivity (Wildman–Crippen MR) is 96.4 cm³/mol. The van der Waals surface area contributed by atoms with Crippen LogP contribution < -0.4 is 5.32 Å². The molecule has 2 aromatic heterocycles. The summed E-state index contributed by atoms with van der Waals surface area (Å²) in [6, 6.07) is 16.5. The third-order valence-corrected chi connectivity index (χ3v) is 3.89. The molecule has 0 saturated carbocycles. The van der Waals surface area contributed by atoms with Crippen LogP contribution in [0.5, 0.6) is 0 Å². The summed E-state index contributed by atoms with van der Waals surface area (Å²) in [5, 5.41) is 2.88. The number of nitrogens with zero attached hydrogens (tertiary/aromatic N) is 2. The molecule has 0 spiro atoms. The van der Waals surface area contributed by atoms with Gasteiger partial charge in [0.15, 0.2) is 5.58 Å². The number of nitrogens with one attached hydrogen (secondary N) is 1. The first-order chi connectivity index (χ1) is 12.2. The van der Waals surface area contributed by atoms with E-state index in [1.54, 1.807) is 30.6 Å². The molecule has 0 radical (unpaired) electrons. The Kier molecular flexibility index (Phi) is 3.74. The van der Waals surface area contributed by atoms with Crippen molar-refractivity contribution in [1.82, 2.24) is 9.97 Å². The molecule has 5 nitrogen and oxygen atoms in total. The number of amides is 1. The summed E-state index contributed by atoms with van der Waals surface area (Å²) < 4.78 is 5.81. The number of pyridine rings is 1. The van der Waals surface area contributed by atoms with Crippen LogP contribution in [-0.4, -0.2) is 15.9 Å². The minimum atomic E-state index is -0.159. The van der Waals surface area contributed by atoms with Gasteiger partial charge in [0.05, 0.1) is 0 Å². The minimum Gasteiger partial charge on any atom is -0.436 e. The molecule has 0 bridgehead atoms. The molecule has 0 aliphatic carbocycles. The van der Waals surface area contributed by atoms with Crippen molar-refractivity contribution in [3.8, 4) is 11.5 Å². The molecule has 2 heterocycles. The van der Waals surface area contributed by atoms with Crippen molar-refractivity contribution < 1.29 is 9.21 Å². The van der Waals surface area contributed by atoms with Crippen molar-refractivity contribution in [2.24, 2.45) is 0 Å². The Hall–Kier alpha value is -3.47. The number of benzene rings is 2. The van der Waals surface area contributed by atoms with E-state index in [9.17, 15) is 4.79 Å². The van der Waals surface area contributed by atoms with Gasteiger partial charge in [0.25, 0.3) is 5.91 Å². The fourth-order valence-electron chi connectivity index (χ4n) is 2.53. The number of aryl methyl sites for hydroxylation is 1. The summed E-state index contributed by atoms with van der Waals surface area (Å²) in [6.45, 7) is 1.99. The van der Waals surface area contributed by atoms with Crippen LogP contribution in [0.25, 0.3) is 22.6 Å². The standard InChI is InChI=1S/C20H15N3O2/c1-13-2-4-14(5-3-13)19(24)22-16-6-7-17-18(12-16)25-20(23-17)15-8-10-21-11-9-15/h2-12H,1H3,(H,22,24). The van der Waals surface area contributed by atoms with E-state index in [4.69, 9.17) is 4.42 Å². The van der Waals surface area contributed by atoms with Gasteiger partial charge in [-0.3, -0.25) is 9.78 Å². The average Bonchev–Trinajstić information content (AvgIpc) is 3.06. The van der Waals surface area contributed by atoms with Crippen LogP contribution in [0.4, 0.5) is 5.69 Å². The quantitative estimate of drug-likeness (QED) is 0.603. The fourth-order valence-corrected chi connectivity index (χ4v) is 2.53. The van der Waals surface area contributed by atoms with Crippen LogP contribution in [0.1, 0.15) is 15.9 Å². The Bertz CT molecular complexity index is 1040. The molecule has 1 N–H and O–H groups in total. The van der Waals surface area contributed by atoms with Gasteiger partial charge in [-0.05, 0) is 43.3 Å². The smallest absolute Gasteiger partial charge is 0.255 e. The van der Waals surface area contributed by atoms with Crippen molar-refractivity contribution in [2.45, 2.75) is 6.92 Å². The molecule has 25 heavy (non-hydrogen) atoms. The number of rotatable bonds is 3. The summed E-state index contributed by atoms with van der Waals surface area (Å²) in [4.78, 5) is 20.8. The Labute approximate surface area is 144 Å². The molecule has 0 aliphatic rings. The van der Waals surface area contributed by atoms with Gasteiger partial charge in [-0.2, -0.15) is 0 Å². The number of anilines is 1. The highest BCUT2D eigenvalue weighted by atomic mass is 16.3. The molecule has 122 valence electrons. The average molecular weight is 329 g/mol. The fraction of sp³-hybridized carbons (Fsp3) is 0.0500. The van der Waals surface area contributed by atoms with Gasteiger partial charge in [0, 0.05) is 35.3 Å². The van der Waals surface area contributed by atoms with Crippen molar-refractivity contribution in [3.05, 3.63) is 78.1 Å². The molecule has 0 fully saturated rings. The SMILES string of the molecule is Cc1ccc(C(=O)Nc2ccc3nc(-c4ccncc4)oc3c2)cc1. The maximum atomic E-state index is 12.3. The summed E-state index contributed by atoms with van der Waals surface area (Å²) in [6.07, 6.45) is 3.38. The number of aromatic nitrogens is 2. The molecule has 4 rings (SSSR count). The van der Waals surface area contributed by atoms with E-state index < -0.39 is 0 Å². The van der Waals surface area contributed by atoms with Crippen molar-refractivity contribution >= 4 is 22.7 Å². The zero-order valence-corrected chi connectivity index (χ0v) is 13.6. The summed E-state index contributed by atoms with van der Waals surface area (Å²) >= 11 is 0. The number of hydrogen-bond acceptors (Lipinski definition) is 4. The lowest BCUT2D eigenvalue weighted by molar-refractivity contribution is 0.102. The van der Waals surface area contributed by atoms with Gasteiger partial charge < -0.3 is 9.73 Å².